The lowest BCUT2D eigenvalue weighted by molar-refractivity contribution is -0.123. The monoisotopic (exact) mass is 315 g/mol. The van der Waals surface area contributed by atoms with Crippen molar-refractivity contribution >= 4 is 17.8 Å². The second-order valence-corrected chi connectivity index (χ2v) is 5.02. The Balaban J connectivity index is 1.78. The average Bonchev–Trinajstić information content (AvgIpc) is 2.55. The quantitative estimate of drug-likeness (QED) is 0.658. The zero-order valence-corrected chi connectivity index (χ0v) is 13.0. The Labute approximate surface area is 134 Å². The van der Waals surface area contributed by atoms with Gasteiger partial charge >= 0.3 is 0 Å². The van der Waals surface area contributed by atoms with Crippen LogP contribution in [-0.4, -0.2) is 32.8 Å². The number of anilines is 1. The molecule has 120 valence electrons. The van der Waals surface area contributed by atoms with Crippen molar-refractivity contribution in [1.82, 2.24) is 5.43 Å². The maximum atomic E-state index is 12.7. The van der Waals surface area contributed by atoms with Crippen LogP contribution < -0.4 is 15.1 Å². The van der Waals surface area contributed by atoms with Crippen LogP contribution in [-0.2, 0) is 4.79 Å². The van der Waals surface area contributed by atoms with Crippen molar-refractivity contribution in [2.45, 2.75) is 0 Å². The van der Waals surface area contributed by atoms with Gasteiger partial charge in [0.25, 0.3) is 5.91 Å². The number of rotatable bonds is 6. The van der Waals surface area contributed by atoms with Crippen molar-refractivity contribution in [1.29, 1.82) is 0 Å². The van der Waals surface area contributed by atoms with Crippen molar-refractivity contribution in [2.75, 3.05) is 25.6 Å². The molecule has 0 bridgehead atoms. The number of hydrogen-bond acceptors (Lipinski definition) is 4. The average molecular weight is 315 g/mol. The molecule has 0 atom stereocenters. The number of hydrogen-bond donors (Lipinski definition) is 1. The molecule has 0 saturated carbocycles. The molecule has 6 heteroatoms. The summed E-state index contributed by atoms with van der Waals surface area (Å²) in [4.78, 5) is 13.6. The Morgan fingerprint density at radius 3 is 2.43 bits per heavy atom. The van der Waals surface area contributed by atoms with Gasteiger partial charge in [0, 0.05) is 19.8 Å². The van der Waals surface area contributed by atoms with Gasteiger partial charge < -0.3 is 9.64 Å². The van der Waals surface area contributed by atoms with E-state index >= 15 is 0 Å². The number of benzene rings is 2. The topological polar surface area (TPSA) is 53.9 Å². The summed E-state index contributed by atoms with van der Waals surface area (Å²) in [5.41, 5.74) is 4.32. The molecule has 0 spiro atoms. The molecule has 1 amide bonds. The maximum absolute atomic E-state index is 12.7. The molecule has 0 aliphatic heterocycles. The Bertz CT molecular complexity index is 667. The molecule has 0 aromatic heterocycles. The highest BCUT2D eigenvalue weighted by Gasteiger charge is 2.01. The van der Waals surface area contributed by atoms with Gasteiger partial charge in [-0.25, -0.2) is 9.82 Å². The second kappa shape index (κ2) is 7.93. The van der Waals surface area contributed by atoms with Crippen LogP contribution in [0.3, 0.4) is 0 Å². The van der Waals surface area contributed by atoms with Gasteiger partial charge in [-0.05, 0) is 42.0 Å². The van der Waals surface area contributed by atoms with Gasteiger partial charge in [0.1, 0.15) is 11.6 Å². The largest absolute Gasteiger partial charge is 0.484 e. The number of ether oxygens (including phenoxy) is 1. The van der Waals surface area contributed by atoms with Crippen LogP contribution in [0.25, 0.3) is 0 Å². The summed E-state index contributed by atoms with van der Waals surface area (Å²) >= 11 is 0. The molecule has 0 heterocycles. The minimum atomic E-state index is -0.393. The van der Waals surface area contributed by atoms with E-state index in [1.807, 2.05) is 43.3 Å². The molecular formula is C17H18FN3O2. The van der Waals surface area contributed by atoms with E-state index in [9.17, 15) is 9.18 Å². The van der Waals surface area contributed by atoms with E-state index in [0.717, 1.165) is 11.3 Å². The third kappa shape index (κ3) is 5.43. The highest BCUT2D eigenvalue weighted by molar-refractivity contribution is 5.83. The van der Waals surface area contributed by atoms with Crippen molar-refractivity contribution in [2.24, 2.45) is 5.10 Å². The first-order chi connectivity index (χ1) is 11.0. The van der Waals surface area contributed by atoms with E-state index < -0.39 is 5.91 Å². The fraction of sp³-hybridized carbons (Fsp3) is 0.176. The summed E-state index contributed by atoms with van der Waals surface area (Å²) in [6.07, 6.45) is 1.55. The molecule has 2 aromatic rings. The van der Waals surface area contributed by atoms with Gasteiger partial charge in [0.15, 0.2) is 6.61 Å². The van der Waals surface area contributed by atoms with E-state index in [1.165, 1.54) is 24.3 Å². The Morgan fingerprint density at radius 1 is 1.17 bits per heavy atom. The summed E-state index contributed by atoms with van der Waals surface area (Å²) in [6.45, 7) is -0.192. The minimum absolute atomic E-state index is 0.192. The van der Waals surface area contributed by atoms with Crippen molar-refractivity contribution in [3.8, 4) is 5.75 Å². The standard InChI is InChI=1S/C17H18FN3O2/c1-21(2)15-7-3-13(4-8-15)11-19-20-17(22)12-23-16-9-5-14(18)6-10-16/h3-11H,12H2,1-2H3,(H,20,22)/b19-11-. The van der Waals surface area contributed by atoms with Gasteiger partial charge in [0.05, 0.1) is 6.21 Å². The maximum Gasteiger partial charge on any atom is 0.277 e. The van der Waals surface area contributed by atoms with Crippen LogP contribution in [0, 0.1) is 5.82 Å². The Kier molecular flexibility index (Phi) is 5.68. The molecule has 5 nitrogen and oxygen atoms in total. The van der Waals surface area contributed by atoms with Crippen LogP contribution >= 0.6 is 0 Å². The molecule has 0 saturated heterocycles. The summed E-state index contributed by atoms with van der Waals surface area (Å²) in [5.74, 6) is -0.327. The Morgan fingerprint density at radius 2 is 1.83 bits per heavy atom. The molecule has 0 aliphatic rings. The van der Waals surface area contributed by atoms with E-state index in [1.54, 1.807) is 6.21 Å². The molecule has 2 aromatic carbocycles. The van der Waals surface area contributed by atoms with Crippen molar-refractivity contribution in [3.05, 3.63) is 59.9 Å². The van der Waals surface area contributed by atoms with E-state index in [-0.39, 0.29) is 12.4 Å². The van der Waals surface area contributed by atoms with Gasteiger partial charge in [-0.15, -0.1) is 0 Å². The zero-order valence-electron chi connectivity index (χ0n) is 13.0. The van der Waals surface area contributed by atoms with E-state index in [0.29, 0.717) is 5.75 Å². The highest BCUT2D eigenvalue weighted by Crippen LogP contribution is 2.11. The van der Waals surface area contributed by atoms with E-state index in [2.05, 4.69) is 10.5 Å². The lowest BCUT2D eigenvalue weighted by Gasteiger charge is -2.11. The smallest absolute Gasteiger partial charge is 0.277 e. The SMILES string of the molecule is CN(C)c1ccc(/C=N\NC(=O)COc2ccc(F)cc2)cc1. The fourth-order valence-electron chi connectivity index (χ4n) is 1.75. The Hall–Kier alpha value is -2.89. The predicted octanol–water partition coefficient (Wildman–Crippen LogP) is 2.42. The molecular weight excluding hydrogens is 297 g/mol. The number of carbonyl (C=O) groups excluding carboxylic acids is 1. The first-order valence-corrected chi connectivity index (χ1v) is 7.02. The lowest BCUT2D eigenvalue weighted by Crippen LogP contribution is -2.24. The molecule has 0 aliphatic carbocycles. The van der Waals surface area contributed by atoms with Crippen LogP contribution in [0.5, 0.6) is 5.75 Å². The zero-order chi connectivity index (χ0) is 16.7. The molecule has 0 radical (unpaired) electrons. The first kappa shape index (κ1) is 16.5. The van der Waals surface area contributed by atoms with Crippen LogP contribution in [0.15, 0.2) is 53.6 Å². The molecule has 0 unspecified atom stereocenters. The second-order valence-electron chi connectivity index (χ2n) is 5.02. The molecule has 2 rings (SSSR count). The normalized spacial score (nSPS) is 10.6. The number of hydrazone groups is 1. The number of halogens is 1. The first-order valence-electron chi connectivity index (χ1n) is 7.02. The van der Waals surface area contributed by atoms with Crippen molar-refractivity contribution < 1.29 is 13.9 Å². The molecule has 23 heavy (non-hydrogen) atoms. The number of carbonyl (C=O) groups is 1. The fourth-order valence-corrected chi connectivity index (χ4v) is 1.75. The number of amides is 1. The van der Waals surface area contributed by atoms with Crippen LogP contribution in [0.1, 0.15) is 5.56 Å². The van der Waals surface area contributed by atoms with Crippen LogP contribution in [0.2, 0.25) is 0 Å². The summed E-state index contributed by atoms with van der Waals surface area (Å²) in [6, 6.07) is 13.2. The van der Waals surface area contributed by atoms with Gasteiger partial charge in [-0.1, -0.05) is 12.1 Å². The number of nitrogens with zero attached hydrogens (tertiary/aromatic N) is 2. The van der Waals surface area contributed by atoms with Gasteiger partial charge in [0.2, 0.25) is 0 Å². The van der Waals surface area contributed by atoms with Crippen molar-refractivity contribution in [3.63, 3.8) is 0 Å². The van der Waals surface area contributed by atoms with E-state index in [4.69, 9.17) is 4.74 Å². The lowest BCUT2D eigenvalue weighted by atomic mass is 10.2. The summed E-state index contributed by atoms with van der Waals surface area (Å²) in [5, 5.41) is 3.86. The third-order valence-corrected chi connectivity index (χ3v) is 3.00. The molecule has 0 fully saturated rings. The summed E-state index contributed by atoms with van der Waals surface area (Å²) < 4.78 is 17.9. The van der Waals surface area contributed by atoms with Gasteiger partial charge in [-0.2, -0.15) is 5.10 Å². The highest BCUT2D eigenvalue weighted by atomic mass is 19.1. The van der Waals surface area contributed by atoms with Gasteiger partial charge in [-0.3, -0.25) is 4.79 Å². The van der Waals surface area contributed by atoms with Crippen LogP contribution in [0.4, 0.5) is 10.1 Å². The minimum Gasteiger partial charge on any atom is -0.484 e. The number of nitrogens with one attached hydrogen (secondary N) is 1. The predicted molar refractivity (Wildman–Crippen MR) is 88.4 cm³/mol. The summed E-state index contributed by atoms with van der Waals surface area (Å²) in [7, 11) is 3.93. The molecule has 1 N–H and O–H groups in total. The third-order valence-electron chi connectivity index (χ3n) is 3.00.